The molecule has 2 N–H and O–H groups in total. The van der Waals surface area contributed by atoms with Gasteiger partial charge in [0.05, 0.1) is 6.04 Å². The van der Waals surface area contributed by atoms with Gasteiger partial charge in [-0.05, 0) is 36.6 Å². The summed E-state index contributed by atoms with van der Waals surface area (Å²) in [6.45, 7) is 0.827. The van der Waals surface area contributed by atoms with Crippen LogP contribution in [0.2, 0.25) is 0 Å². The van der Waals surface area contributed by atoms with Crippen LogP contribution in [0.3, 0.4) is 0 Å². The standard InChI is InChI=1S/C14H18N2OS/c17-14-12(5-3-8-15-14)16-11-7-9-18-13-6-2-1-4-10(11)13/h1-2,4,6,11-12,16H,3,5,7-9H2,(H,15,17). The second kappa shape index (κ2) is 5.33. The lowest BCUT2D eigenvalue weighted by Gasteiger charge is -2.31. The van der Waals surface area contributed by atoms with Crippen LogP contribution in [0.15, 0.2) is 29.2 Å². The van der Waals surface area contributed by atoms with Crippen LogP contribution >= 0.6 is 11.8 Å². The predicted molar refractivity (Wildman–Crippen MR) is 73.7 cm³/mol. The quantitative estimate of drug-likeness (QED) is 0.857. The number of hydrogen-bond acceptors (Lipinski definition) is 3. The average molecular weight is 262 g/mol. The van der Waals surface area contributed by atoms with Gasteiger partial charge in [-0.1, -0.05) is 18.2 Å². The fourth-order valence-electron chi connectivity index (χ4n) is 2.69. The smallest absolute Gasteiger partial charge is 0.237 e. The highest BCUT2D eigenvalue weighted by Crippen LogP contribution is 2.36. The van der Waals surface area contributed by atoms with Crippen LogP contribution in [0.5, 0.6) is 0 Å². The number of hydrogen-bond donors (Lipinski definition) is 2. The molecule has 2 aliphatic rings. The molecule has 0 aromatic heterocycles. The molecule has 0 radical (unpaired) electrons. The summed E-state index contributed by atoms with van der Waals surface area (Å²) in [5.41, 5.74) is 1.35. The number of amides is 1. The first kappa shape index (κ1) is 12.1. The monoisotopic (exact) mass is 262 g/mol. The third-order valence-corrected chi connectivity index (χ3v) is 4.77. The largest absolute Gasteiger partial charge is 0.355 e. The topological polar surface area (TPSA) is 41.1 Å². The van der Waals surface area contributed by atoms with Crippen LogP contribution < -0.4 is 10.6 Å². The van der Waals surface area contributed by atoms with E-state index in [-0.39, 0.29) is 11.9 Å². The maximum Gasteiger partial charge on any atom is 0.237 e. The lowest BCUT2D eigenvalue weighted by molar-refractivity contribution is -0.124. The van der Waals surface area contributed by atoms with Crippen LogP contribution in [0.25, 0.3) is 0 Å². The molecule has 3 nitrogen and oxygen atoms in total. The van der Waals surface area contributed by atoms with Crippen LogP contribution in [-0.2, 0) is 4.79 Å². The summed E-state index contributed by atoms with van der Waals surface area (Å²) in [5.74, 6) is 1.29. The van der Waals surface area contributed by atoms with Gasteiger partial charge < -0.3 is 5.32 Å². The number of carbonyl (C=O) groups is 1. The summed E-state index contributed by atoms with van der Waals surface area (Å²) >= 11 is 1.91. The number of thioether (sulfide) groups is 1. The average Bonchev–Trinajstić information content (AvgIpc) is 2.42. The fourth-order valence-corrected chi connectivity index (χ4v) is 3.81. The molecule has 18 heavy (non-hydrogen) atoms. The van der Waals surface area contributed by atoms with E-state index in [1.807, 2.05) is 11.8 Å². The zero-order valence-electron chi connectivity index (χ0n) is 10.3. The van der Waals surface area contributed by atoms with Crippen LogP contribution in [0.4, 0.5) is 0 Å². The molecule has 0 bridgehead atoms. The van der Waals surface area contributed by atoms with Gasteiger partial charge in [0.2, 0.25) is 5.91 Å². The van der Waals surface area contributed by atoms with Gasteiger partial charge in [0.15, 0.2) is 0 Å². The molecule has 1 aromatic rings. The normalized spacial score (nSPS) is 27.4. The van der Waals surface area contributed by atoms with E-state index >= 15 is 0 Å². The molecule has 0 spiro atoms. The van der Waals surface area contributed by atoms with Gasteiger partial charge in [-0.25, -0.2) is 0 Å². The first-order chi connectivity index (χ1) is 8.84. The Morgan fingerprint density at radius 2 is 2.11 bits per heavy atom. The Labute approximate surface area is 112 Å². The molecule has 2 unspecified atom stereocenters. The molecule has 3 rings (SSSR count). The summed E-state index contributed by atoms with van der Waals surface area (Å²) in [5, 5.41) is 6.48. The first-order valence-corrected chi connectivity index (χ1v) is 7.58. The van der Waals surface area contributed by atoms with Gasteiger partial charge in [-0.3, -0.25) is 10.1 Å². The van der Waals surface area contributed by atoms with E-state index in [9.17, 15) is 4.79 Å². The van der Waals surface area contributed by atoms with Crippen molar-refractivity contribution in [1.82, 2.24) is 10.6 Å². The Balaban J connectivity index is 1.75. The maximum absolute atomic E-state index is 11.8. The zero-order valence-corrected chi connectivity index (χ0v) is 11.1. The second-order valence-corrected chi connectivity index (χ2v) is 6.02. The minimum Gasteiger partial charge on any atom is -0.355 e. The van der Waals surface area contributed by atoms with Crippen molar-refractivity contribution in [3.8, 4) is 0 Å². The van der Waals surface area contributed by atoms with Crippen LogP contribution in [0, 0.1) is 0 Å². The molecular weight excluding hydrogens is 244 g/mol. The number of carbonyl (C=O) groups excluding carboxylic acids is 1. The molecule has 2 heterocycles. The highest BCUT2D eigenvalue weighted by molar-refractivity contribution is 7.99. The Bertz CT molecular complexity index is 449. The molecule has 0 aliphatic carbocycles. The van der Waals surface area contributed by atoms with Crippen molar-refractivity contribution in [3.05, 3.63) is 29.8 Å². The minimum atomic E-state index is -0.0140. The Hall–Kier alpha value is -1.00. The van der Waals surface area contributed by atoms with E-state index in [2.05, 4.69) is 34.9 Å². The van der Waals surface area contributed by atoms with E-state index < -0.39 is 0 Å². The molecular formula is C14H18N2OS. The zero-order chi connectivity index (χ0) is 12.4. The molecule has 1 fully saturated rings. The minimum absolute atomic E-state index is 0.0140. The van der Waals surface area contributed by atoms with Crippen molar-refractivity contribution in [3.63, 3.8) is 0 Å². The van der Waals surface area contributed by atoms with Gasteiger partial charge >= 0.3 is 0 Å². The van der Waals surface area contributed by atoms with Crippen molar-refractivity contribution in [2.24, 2.45) is 0 Å². The number of fused-ring (bicyclic) bond motifs is 1. The van der Waals surface area contributed by atoms with Gasteiger partial charge in [0, 0.05) is 17.5 Å². The molecule has 2 aliphatic heterocycles. The number of rotatable bonds is 2. The third-order valence-electron chi connectivity index (χ3n) is 3.65. The number of benzene rings is 1. The second-order valence-electron chi connectivity index (χ2n) is 4.88. The fraction of sp³-hybridized carbons (Fsp3) is 0.500. The molecule has 96 valence electrons. The Kier molecular flexibility index (Phi) is 3.57. The van der Waals surface area contributed by atoms with E-state index in [1.54, 1.807) is 0 Å². The molecule has 1 saturated heterocycles. The highest BCUT2D eigenvalue weighted by atomic mass is 32.2. The summed E-state index contributed by atoms with van der Waals surface area (Å²) < 4.78 is 0. The molecule has 4 heteroatoms. The van der Waals surface area contributed by atoms with E-state index in [4.69, 9.17) is 0 Å². The summed E-state index contributed by atoms with van der Waals surface area (Å²) in [7, 11) is 0. The third kappa shape index (κ3) is 2.40. The van der Waals surface area contributed by atoms with Crippen molar-refractivity contribution in [2.75, 3.05) is 12.3 Å². The maximum atomic E-state index is 11.8. The van der Waals surface area contributed by atoms with Gasteiger partial charge in [-0.15, -0.1) is 11.8 Å². The summed E-state index contributed by atoms with van der Waals surface area (Å²) in [6, 6.07) is 8.84. The predicted octanol–water partition coefficient (Wildman–Crippen LogP) is 2.09. The van der Waals surface area contributed by atoms with Crippen LogP contribution in [0.1, 0.15) is 30.9 Å². The van der Waals surface area contributed by atoms with Crippen molar-refractivity contribution in [1.29, 1.82) is 0 Å². The molecule has 1 amide bonds. The molecule has 2 atom stereocenters. The van der Waals surface area contributed by atoms with Gasteiger partial charge in [-0.2, -0.15) is 0 Å². The van der Waals surface area contributed by atoms with Crippen molar-refractivity contribution in [2.45, 2.75) is 36.2 Å². The molecule has 1 aromatic carbocycles. The first-order valence-electron chi connectivity index (χ1n) is 6.60. The van der Waals surface area contributed by atoms with Gasteiger partial charge in [0.1, 0.15) is 0 Å². The lowest BCUT2D eigenvalue weighted by atomic mass is 10.00. The number of piperidine rings is 1. The van der Waals surface area contributed by atoms with Crippen LogP contribution in [-0.4, -0.2) is 24.2 Å². The highest BCUT2D eigenvalue weighted by Gasteiger charge is 2.27. The van der Waals surface area contributed by atoms with Crippen molar-refractivity contribution < 1.29 is 4.79 Å². The summed E-state index contributed by atoms with van der Waals surface area (Å²) in [4.78, 5) is 13.2. The Morgan fingerprint density at radius 3 is 3.00 bits per heavy atom. The number of nitrogens with one attached hydrogen (secondary N) is 2. The summed E-state index contributed by atoms with van der Waals surface area (Å²) in [6.07, 6.45) is 3.13. The van der Waals surface area contributed by atoms with E-state index in [1.165, 1.54) is 10.5 Å². The van der Waals surface area contributed by atoms with Gasteiger partial charge in [0.25, 0.3) is 0 Å². The molecule has 0 saturated carbocycles. The SMILES string of the molecule is O=C1NCCCC1NC1CCSc2ccccc21. The van der Waals surface area contributed by atoms with Crippen molar-refractivity contribution >= 4 is 17.7 Å². The lowest BCUT2D eigenvalue weighted by Crippen LogP contribution is -2.49. The van der Waals surface area contributed by atoms with E-state index in [0.717, 1.165) is 31.6 Å². The Morgan fingerprint density at radius 1 is 1.22 bits per heavy atom. The van der Waals surface area contributed by atoms with E-state index in [0.29, 0.717) is 6.04 Å².